The summed E-state index contributed by atoms with van der Waals surface area (Å²) >= 11 is 5.93. The average Bonchev–Trinajstić information content (AvgIpc) is 3.22. The number of amides is 1. The molecule has 4 nitrogen and oxygen atoms in total. The molecule has 2 atom stereocenters. The molecule has 2 heterocycles. The highest BCUT2D eigenvalue weighted by Crippen LogP contribution is 2.37. The van der Waals surface area contributed by atoms with Gasteiger partial charge in [-0.25, -0.2) is 4.39 Å². The molecule has 1 amide bonds. The van der Waals surface area contributed by atoms with Gasteiger partial charge in [0.2, 0.25) is 5.91 Å². The van der Waals surface area contributed by atoms with Crippen molar-refractivity contribution in [1.82, 2.24) is 9.80 Å². The number of benzene rings is 2. The second kappa shape index (κ2) is 8.42. The van der Waals surface area contributed by atoms with Crippen LogP contribution >= 0.6 is 11.6 Å². The summed E-state index contributed by atoms with van der Waals surface area (Å²) in [5.41, 5.74) is 0.493. The lowest BCUT2D eigenvalue weighted by Gasteiger charge is -2.48. The summed E-state index contributed by atoms with van der Waals surface area (Å²) in [7, 11) is 0. The zero-order chi connectivity index (χ0) is 20.4. The van der Waals surface area contributed by atoms with E-state index in [9.17, 15) is 14.3 Å². The van der Waals surface area contributed by atoms with Gasteiger partial charge in [-0.3, -0.25) is 9.69 Å². The molecule has 1 N–H and O–H groups in total. The molecule has 154 valence electrons. The van der Waals surface area contributed by atoms with Gasteiger partial charge in [-0.2, -0.15) is 0 Å². The first kappa shape index (κ1) is 20.3. The number of hydrogen-bond donors (Lipinski definition) is 1. The number of likely N-dealkylation sites (tertiary alicyclic amines) is 2. The molecule has 2 aromatic carbocycles. The van der Waals surface area contributed by atoms with E-state index in [1.165, 1.54) is 12.1 Å². The molecule has 0 aliphatic carbocycles. The Morgan fingerprint density at radius 1 is 1.14 bits per heavy atom. The van der Waals surface area contributed by atoms with Crippen molar-refractivity contribution in [3.05, 3.63) is 70.5 Å². The van der Waals surface area contributed by atoms with E-state index < -0.39 is 11.4 Å². The smallest absolute Gasteiger partial charge is 0.227 e. The summed E-state index contributed by atoms with van der Waals surface area (Å²) in [4.78, 5) is 17.1. The molecule has 2 fully saturated rings. The Labute approximate surface area is 175 Å². The van der Waals surface area contributed by atoms with Crippen LogP contribution in [0.4, 0.5) is 4.39 Å². The van der Waals surface area contributed by atoms with E-state index in [0.717, 1.165) is 31.5 Å². The summed E-state index contributed by atoms with van der Waals surface area (Å²) in [6.07, 6.45) is 2.80. The second-order valence-electron chi connectivity index (χ2n) is 8.09. The summed E-state index contributed by atoms with van der Waals surface area (Å²) < 4.78 is 13.6. The summed E-state index contributed by atoms with van der Waals surface area (Å²) in [6.45, 7) is 2.80. The van der Waals surface area contributed by atoms with Crippen LogP contribution < -0.4 is 0 Å². The van der Waals surface area contributed by atoms with Crippen LogP contribution in [0.1, 0.15) is 30.4 Å². The van der Waals surface area contributed by atoms with Crippen LogP contribution in [0.3, 0.4) is 0 Å². The first-order chi connectivity index (χ1) is 14.0. The van der Waals surface area contributed by atoms with Crippen molar-refractivity contribution in [2.24, 2.45) is 0 Å². The quantitative estimate of drug-likeness (QED) is 0.828. The molecule has 4 rings (SSSR count). The fourth-order valence-electron chi connectivity index (χ4n) is 4.68. The maximum Gasteiger partial charge on any atom is 0.227 e. The van der Waals surface area contributed by atoms with Crippen molar-refractivity contribution in [2.45, 2.75) is 37.3 Å². The third kappa shape index (κ3) is 4.32. The van der Waals surface area contributed by atoms with Gasteiger partial charge in [-0.05, 0) is 61.7 Å². The van der Waals surface area contributed by atoms with Gasteiger partial charge in [0.1, 0.15) is 11.4 Å². The number of carbonyl (C=O) groups is 1. The van der Waals surface area contributed by atoms with Gasteiger partial charge in [-0.1, -0.05) is 41.9 Å². The van der Waals surface area contributed by atoms with Gasteiger partial charge >= 0.3 is 0 Å². The topological polar surface area (TPSA) is 43.8 Å². The molecular weight excluding hydrogens is 391 g/mol. The molecular formula is C23H26ClFN2O2. The monoisotopic (exact) mass is 416 g/mol. The Balaban J connectivity index is 1.54. The van der Waals surface area contributed by atoms with Crippen molar-refractivity contribution >= 4 is 17.5 Å². The molecule has 2 saturated heterocycles. The van der Waals surface area contributed by atoms with Crippen molar-refractivity contribution in [2.75, 3.05) is 26.2 Å². The van der Waals surface area contributed by atoms with Gasteiger partial charge < -0.3 is 10.0 Å². The molecule has 0 radical (unpaired) electrons. The van der Waals surface area contributed by atoms with Crippen LogP contribution in [0.5, 0.6) is 0 Å². The van der Waals surface area contributed by atoms with Gasteiger partial charge in [-0.15, -0.1) is 0 Å². The molecule has 0 unspecified atom stereocenters. The predicted molar refractivity (Wildman–Crippen MR) is 111 cm³/mol. The van der Waals surface area contributed by atoms with Crippen molar-refractivity contribution in [1.29, 1.82) is 0 Å². The minimum atomic E-state index is -0.982. The first-order valence-electron chi connectivity index (χ1n) is 10.2. The number of carbonyl (C=O) groups excluding carboxylic acids is 1. The number of halogens is 2. The molecule has 2 aromatic rings. The lowest BCUT2D eigenvalue weighted by atomic mass is 9.79. The number of piperidine rings is 1. The van der Waals surface area contributed by atoms with E-state index in [4.69, 9.17) is 11.6 Å². The molecule has 0 bridgehead atoms. The SMILES string of the molecule is O=C(Cc1cc(F)cc(Cl)c1)N1CC[C@](O)(c2ccccc2)[C@H](N2CCCC2)C1. The summed E-state index contributed by atoms with van der Waals surface area (Å²) in [5, 5.41) is 12.0. The van der Waals surface area contributed by atoms with E-state index in [2.05, 4.69) is 4.90 Å². The van der Waals surface area contributed by atoms with Crippen LogP contribution in [0.2, 0.25) is 5.02 Å². The largest absolute Gasteiger partial charge is 0.383 e. The van der Waals surface area contributed by atoms with Crippen LogP contribution in [-0.2, 0) is 16.8 Å². The Bertz CT molecular complexity index is 852. The Morgan fingerprint density at radius 3 is 2.55 bits per heavy atom. The van der Waals surface area contributed by atoms with Crippen LogP contribution in [0.15, 0.2) is 48.5 Å². The molecule has 0 spiro atoms. The van der Waals surface area contributed by atoms with Gasteiger partial charge in [0.15, 0.2) is 0 Å². The highest BCUT2D eigenvalue weighted by Gasteiger charge is 2.47. The zero-order valence-corrected chi connectivity index (χ0v) is 17.1. The Kier molecular flexibility index (Phi) is 5.91. The van der Waals surface area contributed by atoms with E-state index >= 15 is 0 Å². The van der Waals surface area contributed by atoms with Gasteiger partial charge in [0.25, 0.3) is 0 Å². The average molecular weight is 417 g/mol. The van der Waals surface area contributed by atoms with Crippen molar-refractivity contribution < 1.29 is 14.3 Å². The molecule has 29 heavy (non-hydrogen) atoms. The fraction of sp³-hybridized carbons (Fsp3) is 0.435. The third-order valence-corrected chi connectivity index (χ3v) is 6.41. The lowest BCUT2D eigenvalue weighted by molar-refractivity contribution is -0.142. The number of nitrogens with zero attached hydrogens (tertiary/aromatic N) is 2. The minimum absolute atomic E-state index is 0.0639. The van der Waals surface area contributed by atoms with E-state index in [-0.39, 0.29) is 18.4 Å². The maximum atomic E-state index is 13.6. The normalized spacial score (nSPS) is 25.3. The van der Waals surface area contributed by atoms with Crippen LogP contribution in [-0.4, -0.2) is 53.0 Å². The standard InChI is InChI=1S/C23H26ClFN2O2/c24-19-12-17(13-20(25)15-19)14-22(28)27-11-8-23(29,18-6-2-1-3-7-18)21(16-27)26-9-4-5-10-26/h1-3,6-7,12-13,15,21,29H,4-5,8-11,14,16H2/t21-,23+/m1/s1. The van der Waals surface area contributed by atoms with Crippen LogP contribution in [0.25, 0.3) is 0 Å². The minimum Gasteiger partial charge on any atom is -0.383 e. The third-order valence-electron chi connectivity index (χ3n) is 6.19. The molecule has 0 aromatic heterocycles. The molecule has 2 aliphatic heterocycles. The molecule has 2 aliphatic rings. The number of rotatable bonds is 4. The number of aliphatic hydroxyl groups is 1. The van der Waals surface area contributed by atoms with Crippen molar-refractivity contribution in [3.63, 3.8) is 0 Å². The highest BCUT2D eigenvalue weighted by molar-refractivity contribution is 6.30. The second-order valence-corrected chi connectivity index (χ2v) is 8.53. The Morgan fingerprint density at radius 2 is 1.86 bits per heavy atom. The maximum absolute atomic E-state index is 13.6. The van der Waals surface area contributed by atoms with Gasteiger partial charge in [0.05, 0.1) is 12.5 Å². The number of hydrogen-bond acceptors (Lipinski definition) is 3. The molecule has 0 saturated carbocycles. The van der Waals surface area contributed by atoms with E-state index in [1.54, 1.807) is 11.0 Å². The zero-order valence-electron chi connectivity index (χ0n) is 16.4. The van der Waals surface area contributed by atoms with Gasteiger partial charge in [0, 0.05) is 18.1 Å². The van der Waals surface area contributed by atoms with Crippen LogP contribution in [0, 0.1) is 5.82 Å². The predicted octanol–water partition coefficient (Wildman–Crippen LogP) is 3.61. The fourth-order valence-corrected chi connectivity index (χ4v) is 4.93. The van der Waals surface area contributed by atoms with E-state index in [1.807, 2.05) is 30.3 Å². The Hall–Kier alpha value is -1.95. The summed E-state index contributed by atoms with van der Waals surface area (Å²) in [6, 6.07) is 13.8. The highest BCUT2D eigenvalue weighted by atomic mass is 35.5. The van der Waals surface area contributed by atoms with E-state index in [0.29, 0.717) is 30.1 Å². The lowest BCUT2D eigenvalue weighted by Crippen LogP contribution is -2.61. The van der Waals surface area contributed by atoms with Crippen molar-refractivity contribution in [3.8, 4) is 0 Å². The molecule has 6 heteroatoms. The summed E-state index contributed by atoms with van der Waals surface area (Å²) in [5.74, 6) is -0.502. The first-order valence-corrected chi connectivity index (χ1v) is 10.6.